The van der Waals surface area contributed by atoms with Crippen molar-refractivity contribution < 1.29 is 28.1 Å². The molecule has 0 aromatic carbocycles. The summed E-state index contributed by atoms with van der Waals surface area (Å²) < 4.78 is 23.3. The van der Waals surface area contributed by atoms with Crippen LogP contribution in [0.4, 0.5) is 0 Å². The number of carbonyl (C=O) groups is 2. The van der Waals surface area contributed by atoms with E-state index < -0.39 is 0 Å². The van der Waals surface area contributed by atoms with Crippen molar-refractivity contribution in [3.63, 3.8) is 0 Å². The summed E-state index contributed by atoms with van der Waals surface area (Å²) in [5.74, 6) is 1.35. The van der Waals surface area contributed by atoms with E-state index >= 15 is 0 Å². The first-order valence-electron chi connectivity index (χ1n) is 11.9. The van der Waals surface area contributed by atoms with Gasteiger partial charge in [0, 0.05) is 45.4 Å². The highest BCUT2D eigenvalue weighted by molar-refractivity contribution is 5.69. The fourth-order valence-electron chi connectivity index (χ4n) is 3.50. The molecule has 0 fully saturated rings. The first-order valence-corrected chi connectivity index (χ1v) is 11.9. The van der Waals surface area contributed by atoms with Crippen molar-refractivity contribution in [3.8, 4) is 23.0 Å². The minimum absolute atomic E-state index is 0.233. The van der Waals surface area contributed by atoms with Gasteiger partial charge in [-0.15, -0.1) is 0 Å². The SMILES string of the molecule is COC(=O)CCc1nc(-c2ccc(CN(C)C)n2C)no1.COC(=O)CCc1nc(-c2cccn2C)no1. The van der Waals surface area contributed by atoms with E-state index in [1.807, 2.05) is 67.8 Å². The van der Waals surface area contributed by atoms with Crippen LogP contribution in [0.15, 0.2) is 39.5 Å². The Hall–Kier alpha value is -4.26. The van der Waals surface area contributed by atoms with Crippen molar-refractivity contribution in [2.24, 2.45) is 14.1 Å². The lowest BCUT2D eigenvalue weighted by Crippen LogP contribution is -2.13. The zero-order chi connectivity index (χ0) is 27.7. The number of nitrogens with zero attached hydrogens (tertiary/aromatic N) is 7. The van der Waals surface area contributed by atoms with E-state index in [-0.39, 0.29) is 24.8 Å². The van der Waals surface area contributed by atoms with Crippen LogP contribution in [0.3, 0.4) is 0 Å². The quantitative estimate of drug-likeness (QED) is 0.280. The number of esters is 2. The molecular formula is C25H33N7O6. The van der Waals surface area contributed by atoms with Crippen LogP contribution < -0.4 is 0 Å². The molecule has 0 spiro atoms. The van der Waals surface area contributed by atoms with Gasteiger partial charge < -0.3 is 32.6 Å². The lowest BCUT2D eigenvalue weighted by Gasteiger charge is -2.11. The predicted molar refractivity (Wildman–Crippen MR) is 135 cm³/mol. The molecule has 204 valence electrons. The third-order valence-electron chi connectivity index (χ3n) is 5.58. The summed E-state index contributed by atoms with van der Waals surface area (Å²) in [5.41, 5.74) is 2.92. The van der Waals surface area contributed by atoms with Gasteiger partial charge in [0.05, 0.1) is 38.4 Å². The fraction of sp³-hybridized carbons (Fsp3) is 0.440. The summed E-state index contributed by atoms with van der Waals surface area (Å²) in [7, 11) is 10.6. The molecule has 0 atom stereocenters. The van der Waals surface area contributed by atoms with Crippen molar-refractivity contribution in [1.82, 2.24) is 34.3 Å². The second-order valence-electron chi connectivity index (χ2n) is 8.69. The highest BCUT2D eigenvalue weighted by Gasteiger charge is 2.15. The topological polar surface area (TPSA) is 144 Å². The number of ether oxygens (including phenoxy) is 2. The van der Waals surface area contributed by atoms with Gasteiger partial charge in [-0.3, -0.25) is 9.59 Å². The Morgan fingerprint density at radius 2 is 1.42 bits per heavy atom. The van der Waals surface area contributed by atoms with E-state index in [4.69, 9.17) is 9.05 Å². The van der Waals surface area contributed by atoms with Gasteiger partial charge >= 0.3 is 11.9 Å². The first kappa shape index (κ1) is 28.3. The Morgan fingerprint density at radius 3 is 1.89 bits per heavy atom. The molecule has 0 saturated heterocycles. The van der Waals surface area contributed by atoms with Gasteiger partial charge in [-0.2, -0.15) is 9.97 Å². The van der Waals surface area contributed by atoms with Crippen molar-refractivity contribution in [3.05, 3.63) is 47.9 Å². The van der Waals surface area contributed by atoms with Gasteiger partial charge in [-0.1, -0.05) is 10.3 Å². The molecule has 0 unspecified atom stereocenters. The number of aryl methyl sites for hydroxylation is 3. The number of hydrogen-bond donors (Lipinski definition) is 0. The Labute approximate surface area is 220 Å². The Balaban J connectivity index is 0.000000215. The van der Waals surface area contributed by atoms with Crippen LogP contribution in [-0.4, -0.2) is 74.6 Å². The molecule has 0 aliphatic heterocycles. The standard InChI is InChI=1S/C14H20N4O3.C11H13N3O3/c1-17(2)9-10-5-6-11(18(10)3)14-15-12(21-16-14)7-8-13(19)20-4;1-14-7-3-4-8(14)11-12-9(17-13-11)5-6-10(15)16-2/h5-6H,7-9H2,1-4H3;3-4,7H,5-6H2,1-2H3. The second-order valence-corrected chi connectivity index (χ2v) is 8.69. The van der Waals surface area contributed by atoms with Gasteiger partial charge in [0.15, 0.2) is 0 Å². The minimum Gasteiger partial charge on any atom is -0.469 e. The smallest absolute Gasteiger partial charge is 0.306 e. The molecule has 0 aliphatic carbocycles. The molecule has 0 radical (unpaired) electrons. The largest absolute Gasteiger partial charge is 0.469 e. The molecule has 38 heavy (non-hydrogen) atoms. The maximum atomic E-state index is 11.1. The summed E-state index contributed by atoms with van der Waals surface area (Å²) in [6.07, 6.45) is 3.15. The number of rotatable bonds is 10. The maximum Gasteiger partial charge on any atom is 0.306 e. The Morgan fingerprint density at radius 1 is 0.868 bits per heavy atom. The van der Waals surface area contributed by atoms with Crippen molar-refractivity contribution in [2.45, 2.75) is 32.2 Å². The molecule has 0 N–H and O–H groups in total. The van der Waals surface area contributed by atoms with E-state index in [2.05, 4.69) is 34.7 Å². The van der Waals surface area contributed by atoms with E-state index in [1.54, 1.807) is 0 Å². The molecule has 13 nitrogen and oxygen atoms in total. The van der Waals surface area contributed by atoms with Gasteiger partial charge in [-0.25, -0.2) is 0 Å². The highest BCUT2D eigenvalue weighted by atomic mass is 16.5. The lowest BCUT2D eigenvalue weighted by atomic mass is 10.3. The molecule has 0 aliphatic rings. The molecule has 0 amide bonds. The van der Waals surface area contributed by atoms with Crippen LogP contribution >= 0.6 is 0 Å². The fourth-order valence-corrected chi connectivity index (χ4v) is 3.50. The van der Waals surface area contributed by atoms with Gasteiger partial charge in [0.1, 0.15) is 0 Å². The molecule has 0 saturated carbocycles. The Bertz CT molecular complexity index is 1330. The zero-order valence-corrected chi connectivity index (χ0v) is 22.5. The van der Waals surface area contributed by atoms with Crippen LogP contribution in [0.5, 0.6) is 0 Å². The molecule has 4 heterocycles. The van der Waals surface area contributed by atoms with Crippen molar-refractivity contribution >= 4 is 11.9 Å². The molecular weight excluding hydrogens is 494 g/mol. The van der Waals surface area contributed by atoms with E-state index in [9.17, 15) is 9.59 Å². The summed E-state index contributed by atoms with van der Waals surface area (Å²) in [6, 6.07) is 7.81. The van der Waals surface area contributed by atoms with Crippen LogP contribution in [0.2, 0.25) is 0 Å². The molecule has 4 rings (SSSR count). The summed E-state index contributed by atoms with van der Waals surface area (Å²) in [5, 5.41) is 7.84. The second kappa shape index (κ2) is 13.3. The normalized spacial score (nSPS) is 10.8. The number of aromatic nitrogens is 6. The average Bonchev–Trinajstić information content (AvgIpc) is 3.70. The summed E-state index contributed by atoms with van der Waals surface area (Å²) in [4.78, 5) is 32.7. The van der Waals surface area contributed by atoms with E-state index in [0.29, 0.717) is 36.3 Å². The highest BCUT2D eigenvalue weighted by Crippen LogP contribution is 2.20. The molecule has 4 aromatic rings. The van der Waals surface area contributed by atoms with Crippen molar-refractivity contribution in [2.75, 3.05) is 28.3 Å². The van der Waals surface area contributed by atoms with Gasteiger partial charge in [-0.05, 0) is 38.4 Å². The Kier molecular flexibility index (Phi) is 9.93. The average molecular weight is 528 g/mol. The third-order valence-corrected chi connectivity index (χ3v) is 5.58. The first-order chi connectivity index (χ1) is 18.2. The third kappa shape index (κ3) is 7.62. The minimum atomic E-state index is -0.290. The van der Waals surface area contributed by atoms with Crippen LogP contribution in [0, 0.1) is 0 Å². The number of hydrogen-bond acceptors (Lipinski definition) is 11. The van der Waals surface area contributed by atoms with Crippen molar-refractivity contribution in [1.29, 1.82) is 0 Å². The maximum absolute atomic E-state index is 11.1. The van der Waals surface area contributed by atoms with E-state index in [0.717, 1.165) is 23.6 Å². The molecule has 13 heteroatoms. The number of carbonyl (C=O) groups excluding carboxylic acids is 2. The van der Waals surface area contributed by atoms with Gasteiger partial charge in [0.2, 0.25) is 23.4 Å². The predicted octanol–water partition coefficient (Wildman–Crippen LogP) is 2.42. The monoisotopic (exact) mass is 527 g/mol. The lowest BCUT2D eigenvalue weighted by molar-refractivity contribution is -0.141. The van der Waals surface area contributed by atoms with Crippen LogP contribution in [0.1, 0.15) is 30.3 Å². The summed E-state index contributed by atoms with van der Waals surface area (Å²) in [6.45, 7) is 0.837. The van der Waals surface area contributed by atoms with Crippen LogP contribution in [-0.2, 0) is 52.5 Å². The number of methoxy groups -OCH3 is 2. The molecule has 4 aromatic heterocycles. The van der Waals surface area contributed by atoms with Gasteiger partial charge in [0.25, 0.3) is 0 Å². The molecule has 0 bridgehead atoms. The zero-order valence-electron chi connectivity index (χ0n) is 22.5. The van der Waals surface area contributed by atoms with Crippen LogP contribution in [0.25, 0.3) is 23.0 Å². The van der Waals surface area contributed by atoms with E-state index in [1.165, 1.54) is 14.2 Å². The summed E-state index contributed by atoms with van der Waals surface area (Å²) >= 11 is 0.